The average molecular weight is 1630 g/mol. The van der Waals surface area contributed by atoms with Crippen LogP contribution in [-0.2, 0) is 73.2 Å². The second-order valence-electron chi connectivity index (χ2n) is 28.7. The van der Waals surface area contributed by atoms with Gasteiger partial charge in [-0.1, -0.05) is 91.7 Å². The summed E-state index contributed by atoms with van der Waals surface area (Å²) in [6.45, 7) is 15.1. The number of unbranched alkanes of at least 4 members (excludes halogenated alkanes) is 2. The number of aliphatic imine (C=N–C) groups is 1. The number of fused-ring (bicyclic) bond motifs is 4. The van der Waals surface area contributed by atoms with Gasteiger partial charge in [-0.3, -0.25) is 48.9 Å². The van der Waals surface area contributed by atoms with E-state index in [1.54, 1.807) is 67.6 Å². The first-order chi connectivity index (χ1) is 56.7. The van der Waals surface area contributed by atoms with Crippen LogP contribution in [0.4, 0.5) is 21.9 Å². The van der Waals surface area contributed by atoms with Gasteiger partial charge in [-0.15, -0.1) is 0 Å². The van der Waals surface area contributed by atoms with Crippen LogP contribution in [0.3, 0.4) is 0 Å². The molecule has 5 heterocycles. The molecule has 32 heteroatoms. The SMILES string of the molecule is COc1cc2c(cc1OCCCCCOc1cc3c(cc1OC)C(=O)N1C=C(C)C[C@H]1[C@H](O)N3C(=O)OCc1ccc(NC(=O)[C@H](C)NC(=O)[C@@H](NC(=O)CCOCCOCCOCCOCCOCCOCCOCCOCCNC(=O)CCN3C(=N)C(c4ccccccccc4)CC3=O)C(C)C)cc1)N=C[C@@H]1CC(C)=CN1C2=O. The average Bonchev–Trinajstić information content (AvgIpc) is 1.61. The molecule has 5 aliphatic heterocycles. The van der Waals surface area contributed by atoms with Gasteiger partial charge in [0, 0.05) is 68.8 Å². The van der Waals surface area contributed by atoms with Gasteiger partial charge < -0.3 is 97.8 Å². The predicted molar refractivity (Wildman–Crippen MR) is 433 cm³/mol. The summed E-state index contributed by atoms with van der Waals surface area (Å²) >= 11 is 0. The van der Waals surface area contributed by atoms with E-state index in [-0.39, 0.29) is 123 Å². The highest BCUT2D eigenvalue weighted by Crippen LogP contribution is 2.43. The summed E-state index contributed by atoms with van der Waals surface area (Å²) in [6.07, 6.45) is 6.04. The summed E-state index contributed by atoms with van der Waals surface area (Å²) in [7, 11) is 2.96. The van der Waals surface area contributed by atoms with Crippen LogP contribution in [0.2, 0.25) is 0 Å². The van der Waals surface area contributed by atoms with E-state index in [4.69, 9.17) is 67.0 Å². The van der Waals surface area contributed by atoms with Crippen molar-refractivity contribution in [1.82, 2.24) is 30.7 Å². The van der Waals surface area contributed by atoms with E-state index in [9.17, 15) is 43.5 Å². The maximum atomic E-state index is 14.3. The summed E-state index contributed by atoms with van der Waals surface area (Å²) in [5.74, 6) is -1.61. The van der Waals surface area contributed by atoms with E-state index in [0.717, 1.165) is 28.0 Å². The Morgan fingerprint density at radius 1 is 0.564 bits per heavy atom. The number of nitrogens with one attached hydrogen (secondary N) is 5. The number of nitrogens with zero attached hydrogens (tertiary/aromatic N) is 5. The van der Waals surface area contributed by atoms with Crippen molar-refractivity contribution in [3.8, 4) is 23.0 Å². The molecule has 9 rings (SSSR count). The van der Waals surface area contributed by atoms with Crippen molar-refractivity contribution in [2.45, 2.75) is 129 Å². The molecule has 1 saturated heterocycles. The number of likely N-dealkylation sites (tertiary alicyclic amines) is 1. The summed E-state index contributed by atoms with van der Waals surface area (Å²) in [4.78, 5) is 117. The monoisotopic (exact) mass is 1620 g/mol. The maximum absolute atomic E-state index is 14.3. The molecule has 6 N–H and O–H groups in total. The first-order valence-corrected chi connectivity index (χ1v) is 39.8. The maximum Gasteiger partial charge on any atom is 0.416 e. The lowest BCUT2D eigenvalue weighted by Crippen LogP contribution is -2.53. The van der Waals surface area contributed by atoms with Gasteiger partial charge in [0.2, 0.25) is 29.5 Å². The van der Waals surface area contributed by atoms with Crippen molar-refractivity contribution in [2.75, 3.05) is 156 Å². The normalized spacial score (nSPS) is 17.2. The van der Waals surface area contributed by atoms with Gasteiger partial charge in [-0.2, -0.15) is 0 Å². The van der Waals surface area contributed by atoms with Crippen LogP contribution in [0, 0.1) is 11.3 Å². The molecule has 0 aliphatic carbocycles. The molecular formula is C85H112N10O22. The fourth-order valence-electron chi connectivity index (χ4n) is 13.3. The molecule has 0 radical (unpaired) electrons. The standard InChI is InChI=1S/C85H112N10O22/c1-57(2)78(91-76(97)25-30-107-32-34-109-36-38-111-40-42-113-44-45-114-43-41-112-39-37-110-35-33-108-31-26-87-75(96)24-27-92-77(98)50-65(79(92)86)62-18-14-11-9-8-10-12-15-19-62)81(100)89-60(5)80(99)90-63-22-20-61(21-23-63)56-117-85(104)95-69-52-74(72(106-7)49-67(69)83(102)94-55-59(4)47-70(94)84(95)103)116-29-17-13-16-28-115-73-51-68-66(48-71(73)105-6)82(101)93-54-58(3)46-64(93)53-88-68/h8-12,14-15,18-23,48-49,51-55,57,60,64-65,70,78,84,86,103H,13,16-17,24-47,50,56H2,1-7H3,(H,87,96)(H,89,100)(H,90,99)(H,91,97)/t60-,64-,65?,70-,78-,84-/m0/s1. The molecule has 0 saturated carbocycles. The number of anilines is 2. The number of ether oxygens (including phenoxy) is 13. The molecular weight excluding hydrogens is 1510 g/mol. The Morgan fingerprint density at radius 3 is 1.68 bits per heavy atom. The fourth-order valence-corrected chi connectivity index (χ4v) is 13.3. The quantitative estimate of drug-likeness (QED) is 0.0226. The van der Waals surface area contributed by atoms with Gasteiger partial charge in [0.1, 0.15) is 24.5 Å². The van der Waals surface area contributed by atoms with Crippen LogP contribution in [0.1, 0.15) is 124 Å². The molecule has 1 unspecified atom stereocenters. The van der Waals surface area contributed by atoms with Crippen LogP contribution in [0.5, 0.6) is 23.0 Å². The minimum atomic E-state index is -1.53. The van der Waals surface area contributed by atoms with Gasteiger partial charge in [-0.25, -0.2) is 9.69 Å². The second kappa shape index (κ2) is 47.7. The molecule has 117 heavy (non-hydrogen) atoms. The number of benzene rings is 3. The summed E-state index contributed by atoms with van der Waals surface area (Å²) in [5, 5.41) is 31.6. The number of aliphatic hydroxyl groups is 1. The molecule has 8 amide bonds. The molecule has 4 aromatic rings. The topological polar surface area (TPSA) is 374 Å². The van der Waals surface area contributed by atoms with Crippen LogP contribution in [-0.4, -0.2) is 256 Å². The lowest BCUT2D eigenvalue weighted by Gasteiger charge is -2.31. The van der Waals surface area contributed by atoms with Crippen molar-refractivity contribution in [1.29, 1.82) is 5.41 Å². The van der Waals surface area contributed by atoms with E-state index in [2.05, 4.69) is 26.3 Å². The predicted octanol–water partition coefficient (Wildman–Crippen LogP) is 8.49. The van der Waals surface area contributed by atoms with Crippen molar-refractivity contribution in [3.63, 3.8) is 0 Å². The Labute approximate surface area is 682 Å². The Kier molecular flexibility index (Phi) is 36.9. The summed E-state index contributed by atoms with van der Waals surface area (Å²) < 4.78 is 74.0. The van der Waals surface area contributed by atoms with Crippen LogP contribution in [0.15, 0.2) is 132 Å². The molecule has 6 atom stereocenters. The number of amidine groups is 1. The summed E-state index contributed by atoms with van der Waals surface area (Å²) in [5.41, 5.74) is 4.78. The van der Waals surface area contributed by atoms with E-state index < -0.39 is 54.1 Å². The van der Waals surface area contributed by atoms with E-state index >= 15 is 0 Å². The van der Waals surface area contributed by atoms with E-state index in [1.165, 1.54) is 43.1 Å². The Morgan fingerprint density at radius 2 is 1.09 bits per heavy atom. The number of rotatable bonds is 49. The third kappa shape index (κ3) is 27.6. The van der Waals surface area contributed by atoms with Gasteiger partial charge in [0.15, 0.2) is 29.2 Å². The number of aliphatic hydroxyl groups excluding tert-OH is 1. The number of hydrogen-bond acceptors (Lipinski definition) is 24. The van der Waals surface area contributed by atoms with E-state index in [1.807, 2.05) is 74.6 Å². The van der Waals surface area contributed by atoms with Gasteiger partial charge in [-0.05, 0) is 94.2 Å². The number of carbonyl (C=O) groups excluding carboxylic acids is 8. The summed E-state index contributed by atoms with van der Waals surface area (Å²) in [6, 6.07) is 27.0. The first-order valence-electron chi connectivity index (χ1n) is 39.8. The first kappa shape index (κ1) is 90.5. The highest BCUT2D eigenvalue weighted by molar-refractivity contribution is 6.09. The molecule has 1 fully saturated rings. The Balaban J connectivity index is 0.568. The van der Waals surface area contributed by atoms with Crippen molar-refractivity contribution in [2.24, 2.45) is 10.9 Å². The molecule has 0 spiro atoms. The lowest BCUT2D eigenvalue weighted by molar-refractivity contribution is -0.132. The highest BCUT2D eigenvalue weighted by Gasteiger charge is 2.46. The van der Waals surface area contributed by atoms with Gasteiger partial charge in [0.25, 0.3) is 11.8 Å². The number of carbonyl (C=O) groups is 8. The Bertz CT molecular complexity index is 4130. The van der Waals surface area contributed by atoms with Crippen LogP contribution < -0.4 is 45.1 Å². The zero-order chi connectivity index (χ0) is 83.4. The highest BCUT2D eigenvalue weighted by atomic mass is 16.6. The molecule has 5 aliphatic rings. The molecule has 32 nitrogen and oxygen atoms in total. The second-order valence-corrected chi connectivity index (χ2v) is 28.7. The minimum Gasteiger partial charge on any atom is -0.493 e. The van der Waals surface area contributed by atoms with Crippen molar-refractivity contribution in [3.05, 3.63) is 149 Å². The number of amides is 8. The van der Waals surface area contributed by atoms with E-state index in [0.29, 0.717) is 159 Å². The molecule has 0 bridgehead atoms. The molecule has 4 aromatic carbocycles. The minimum absolute atomic E-state index is 0.0153. The fraction of sp³-hybridized carbons (Fsp3) is 0.506. The number of hydrogen-bond donors (Lipinski definition) is 6. The van der Waals surface area contributed by atoms with Crippen LogP contribution >= 0.6 is 0 Å². The smallest absolute Gasteiger partial charge is 0.416 e. The Hall–Kier alpha value is -10.4. The van der Waals surface area contributed by atoms with Crippen molar-refractivity contribution < 1.29 is 105 Å². The number of methoxy groups -OCH3 is 2. The van der Waals surface area contributed by atoms with Gasteiger partial charge >= 0.3 is 6.09 Å². The largest absolute Gasteiger partial charge is 0.493 e. The molecule has 0 aromatic heterocycles. The third-order valence-electron chi connectivity index (χ3n) is 19.5. The zero-order valence-corrected chi connectivity index (χ0v) is 67.9. The lowest BCUT2D eigenvalue weighted by atomic mass is 9.98. The van der Waals surface area contributed by atoms with Crippen LogP contribution in [0.25, 0.3) is 0 Å². The van der Waals surface area contributed by atoms with Gasteiger partial charge in [0.05, 0.1) is 174 Å². The third-order valence-corrected chi connectivity index (χ3v) is 19.5. The molecule has 634 valence electrons. The van der Waals surface area contributed by atoms with Crippen molar-refractivity contribution >= 4 is 76.6 Å². The zero-order valence-electron chi connectivity index (χ0n) is 67.9.